The van der Waals surface area contributed by atoms with E-state index < -0.39 is 6.10 Å². The SMILES string of the molecule is COC(C(=O)N(C)OC)c1ccc2c(c1)N(C)NN2C. The van der Waals surface area contributed by atoms with Crippen LogP contribution in [-0.4, -0.2) is 46.3 Å². The number of carbonyl (C=O) groups is 1. The minimum atomic E-state index is -0.690. The van der Waals surface area contributed by atoms with Crippen LogP contribution in [0, 0.1) is 0 Å². The van der Waals surface area contributed by atoms with Crippen molar-refractivity contribution < 1.29 is 14.4 Å². The fraction of sp³-hybridized carbons (Fsp3) is 0.462. The van der Waals surface area contributed by atoms with E-state index in [4.69, 9.17) is 9.57 Å². The number of anilines is 2. The molecular formula is C13H20N4O3. The Bertz CT molecular complexity index is 508. The first-order valence-electron chi connectivity index (χ1n) is 6.21. The molecule has 7 nitrogen and oxygen atoms in total. The first kappa shape index (κ1) is 14.6. The lowest BCUT2D eigenvalue weighted by Gasteiger charge is -2.21. The smallest absolute Gasteiger partial charge is 0.279 e. The number of hydrogen-bond donors (Lipinski definition) is 1. The van der Waals surface area contributed by atoms with Crippen LogP contribution in [-0.2, 0) is 14.4 Å². The average Bonchev–Trinajstić information content (AvgIpc) is 2.73. The van der Waals surface area contributed by atoms with Crippen molar-refractivity contribution in [3.63, 3.8) is 0 Å². The van der Waals surface area contributed by atoms with Gasteiger partial charge in [-0.05, 0) is 17.7 Å². The Hall–Kier alpha value is -1.83. The molecule has 0 radical (unpaired) electrons. The summed E-state index contributed by atoms with van der Waals surface area (Å²) in [6, 6.07) is 5.76. The summed E-state index contributed by atoms with van der Waals surface area (Å²) in [5.74, 6) is -0.253. The average molecular weight is 280 g/mol. The summed E-state index contributed by atoms with van der Waals surface area (Å²) in [5.41, 5.74) is 5.94. The molecule has 1 aromatic carbocycles. The van der Waals surface area contributed by atoms with Crippen molar-refractivity contribution in [3.05, 3.63) is 23.8 Å². The number of likely N-dealkylation sites (N-methyl/N-ethyl adjacent to an activating group) is 1. The van der Waals surface area contributed by atoms with Crippen LogP contribution in [0.25, 0.3) is 0 Å². The van der Waals surface area contributed by atoms with Crippen molar-refractivity contribution in [3.8, 4) is 0 Å². The zero-order valence-corrected chi connectivity index (χ0v) is 12.4. The van der Waals surface area contributed by atoms with E-state index >= 15 is 0 Å². The molecule has 0 aliphatic carbocycles. The van der Waals surface area contributed by atoms with Crippen molar-refractivity contribution in [1.82, 2.24) is 10.6 Å². The van der Waals surface area contributed by atoms with Crippen molar-refractivity contribution >= 4 is 17.3 Å². The summed E-state index contributed by atoms with van der Waals surface area (Å²) < 4.78 is 5.32. The molecule has 110 valence electrons. The molecule has 0 fully saturated rings. The summed E-state index contributed by atoms with van der Waals surface area (Å²) in [5, 5.41) is 4.95. The number of hydrazine groups is 2. The Morgan fingerprint density at radius 1 is 1.25 bits per heavy atom. The number of amides is 1. The molecule has 1 N–H and O–H groups in total. The lowest BCUT2D eigenvalue weighted by molar-refractivity contribution is -0.179. The van der Waals surface area contributed by atoms with Gasteiger partial charge in [0.15, 0.2) is 6.10 Å². The van der Waals surface area contributed by atoms with Crippen molar-refractivity contribution in [2.24, 2.45) is 0 Å². The Labute approximate surface area is 118 Å². The van der Waals surface area contributed by atoms with Gasteiger partial charge in [0.2, 0.25) is 0 Å². The van der Waals surface area contributed by atoms with Crippen LogP contribution in [0.4, 0.5) is 11.4 Å². The molecule has 0 aromatic heterocycles. The van der Waals surface area contributed by atoms with Crippen LogP contribution in [0.1, 0.15) is 11.7 Å². The standard InChI is InChI=1S/C13H20N4O3/c1-15-10-7-6-9(8-11(10)16(2)14-15)12(19-4)13(18)17(3)20-5/h6-8,12,14H,1-5H3. The quantitative estimate of drug-likeness (QED) is 0.819. The number of hydroxylamine groups is 2. The van der Waals surface area contributed by atoms with Gasteiger partial charge in [-0.1, -0.05) is 6.07 Å². The van der Waals surface area contributed by atoms with Crippen LogP contribution in [0.15, 0.2) is 18.2 Å². The molecule has 1 aromatic rings. The molecule has 0 saturated heterocycles. The van der Waals surface area contributed by atoms with Gasteiger partial charge in [0.1, 0.15) is 0 Å². The monoisotopic (exact) mass is 280 g/mol. The second-order valence-corrected chi connectivity index (χ2v) is 4.60. The summed E-state index contributed by atoms with van der Waals surface area (Å²) in [6.07, 6.45) is -0.690. The number of carbonyl (C=O) groups excluding carboxylic acids is 1. The Morgan fingerprint density at radius 2 is 1.90 bits per heavy atom. The number of hydrogen-bond acceptors (Lipinski definition) is 6. The fourth-order valence-electron chi connectivity index (χ4n) is 2.22. The Kier molecular flexibility index (Phi) is 4.12. The second kappa shape index (κ2) is 5.66. The normalized spacial score (nSPS) is 15.2. The highest BCUT2D eigenvalue weighted by Crippen LogP contribution is 2.34. The van der Waals surface area contributed by atoms with E-state index in [0.717, 1.165) is 22.0 Å². The number of ether oxygens (including phenoxy) is 1. The van der Waals surface area contributed by atoms with Gasteiger partial charge in [0.05, 0.1) is 18.5 Å². The zero-order valence-electron chi connectivity index (χ0n) is 12.4. The van der Waals surface area contributed by atoms with E-state index in [1.54, 1.807) is 7.05 Å². The Balaban J connectivity index is 2.33. The molecule has 2 rings (SSSR count). The molecule has 1 aliphatic heterocycles. The lowest BCUT2D eigenvalue weighted by atomic mass is 10.1. The maximum atomic E-state index is 12.2. The summed E-state index contributed by atoms with van der Waals surface area (Å²) in [6.45, 7) is 0. The van der Waals surface area contributed by atoms with Crippen LogP contribution in [0.3, 0.4) is 0 Å². The maximum Gasteiger partial charge on any atom is 0.279 e. The Morgan fingerprint density at radius 3 is 2.50 bits per heavy atom. The summed E-state index contributed by atoms with van der Waals surface area (Å²) in [4.78, 5) is 17.1. The van der Waals surface area contributed by atoms with Gasteiger partial charge in [-0.15, -0.1) is 5.53 Å². The third kappa shape index (κ3) is 2.43. The minimum Gasteiger partial charge on any atom is -0.367 e. The lowest BCUT2D eigenvalue weighted by Crippen LogP contribution is -2.39. The zero-order chi connectivity index (χ0) is 14.9. The maximum absolute atomic E-state index is 12.2. The number of methoxy groups -OCH3 is 1. The van der Waals surface area contributed by atoms with Crippen molar-refractivity contribution in [2.45, 2.75) is 6.10 Å². The molecule has 0 bridgehead atoms. The predicted molar refractivity (Wildman–Crippen MR) is 75.9 cm³/mol. The highest BCUT2D eigenvalue weighted by atomic mass is 16.7. The molecular weight excluding hydrogens is 260 g/mol. The molecule has 1 amide bonds. The van der Waals surface area contributed by atoms with E-state index in [0.29, 0.717) is 0 Å². The third-order valence-corrected chi connectivity index (χ3v) is 3.37. The van der Waals surface area contributed by atoms with E-state index in [2.05, 4.69) is 5.53 Å². The van der Waals surface area contributed by atoms with Gasteiger partial charge in [-0.3, -0.25) is 19.6 Å². The van der Waals surface area contributed by atoms with E-state index in [9.17, 15) is 4.79 Å². The number of nitrogens with one attached hydrogen (secondary N) is 1. The van der Waals surface area contributed by atoms with Crippen LogP contribution < -0.4 is 15.6 Å². The van der Waals surface area contributed by atoms with E-state index in [-0.39, 0.29) is 5.91 Å². The molecule has 1 heterocycles. The molecule has 1 atom stereocenters. The summed E-state index contributed by atoms with van der Waals surface area (Å²) in [7, 11) is 8.35. The third-order valence-electron chi connectivity index (χ3n) is 3.37. The summed E-state index contributed by atoms with van der Waals surface area (Å²) >= 11 is 0. The van der Waals surface area contributed by atoms with Crippen LogP contribution >= 0.6 is 0 Å². The van der Waals surface area contributed by atoms with Gasteiger partial charge >= 0.3 is 0 Å². The molecule has 1 unspecified atom stereocenters. The molecule has 1 aliphatic rings. The van der Waals surface area contributed by atoms with Gasteiger partial charge in [-0.2, -0.15) is 0 Å². The topological polar surface area (TPSA) is 57.3 Å². The number of nitrogens with zero attached hydrogens (tertiary/aromatic N) is 3. The van der Waals surface area contributed by atoms with Crippen molar-refractivity contribution in [2.75, 3.05) is 45.4 Å². The highest BCUT2D eigenvalue weighted by Gasteiger charge is 2.27. The number of fused-ring (bicyclic) bond motifs is 1. The number of rotatable bonds is 4. The van der Waals surface area contributed by atoms with Gasteiger partial charge < -0.3 is 4.74 Å². The van der Waals surface area contributed by atoms with E-state index in [1.165, 1.54) is 14.2 Å². The fourth-order valence-corrected chi connectivity index (χ4v) is 2.22. The predicted octanol–water partition coefficient (Wildman–Crippen LogP) is 0.699. The largest absolute Gasteiger partial charge is 0.367 e. The first-order valence-corrected chi connectivity index (χ1v) is 6.21. The van der Waals surface area contributed by atoms with Gasteiger partial charge in [0, 0.05) is 28.3 Å². The van der Waals surface area contributed by atoms with Crippen molar-refractivity contribution in [1.29, 1.82) is 0 Å². The molecule has 7 heteroatoms. The highest BCUT2D eigenvalue weighted by molar-refractivity contribution is 5.83. The number of benzene rings is 1. The van der Waals surface area contributed by atoms with Gasteiger partial charge in [-0.25, -0.2) is 5.06 Å². The molecule has 0 spiro atoms. The van der Waals surface area contributed by atoms with Gasteiger partial charge in [0.25, 0.3) is 5.91 Å². The minimum absolute atomic E-state index is 0.253. The second-order valence-electron chi connectivity index (χ2n) is 4.60. The van der Waals surface area contributed by atoms with Crippen LogP contribution in [0.2, 0.25) is 0 Å². The molecule has 20 heavy (non-hydrogen) atoms. The van der Waals surface area contributed by atoms with E-state index in [1.807, 2.05) is 42.3 Å². The van der Waals surface area contributed by atoms with Crippen LogP contribution in [0.5, 0.6) is 0 Å². The first-order chi connectivity index (χ1) is 9.49. The molecule has 0 saturated carbocycles.